The minimum absolute atomic E-state index is 0.0435. The Morgan fingerprint density at radius 3 is 2.57 bits per heavy atom. The lowest BCUT2D eigenvalue weighted by atomic mass is 9.83. The van der Waals surface area contributed by atoms with E-state index in [2.05, 4.69) is 10.3 Å². The fraction of sp³-hybridized carbons (Fsp3) is 0.483. The lowest BCUT2D eigenvalue weighted by Gasteiger charge is -2.30. The first-order valence-electron chi connectivity index (χ1n) is 13.8. The normalized spacial score (nSPS) is 22.5. The van der Waals surface area contributed by atoms with Crippen LogP contribution < -0.4 is 10.6 Å². The SMILES string of the molecule is COC[C@H](c1ccc2oc([C@@H](NC(=O)OCc3ccccc3)C3CCC(F)CC3)nc2c1)N1C[C@@H](C(F)(F)F)NC1=O. The average molecular weight is 593 g/mol. The zero-order chi connectivity index (χ0) is 29.9. The van der Waals surface area contributed by atoms with E-state index in [1.54, 1.807) is 18.2 Å². The fourth-order valence-corrected chi connectivity index (χ4v) is 5.52. The Labute approximate surface area is 239 Å². The smallest absolute Gasteiger partial charge is 0.410 e. The van der Waals surface area contributed by atoms with E-state index in [9.17, 15) is 27.2 Å². The summed E-state index contributed by atoms with van der Waals surface area (Å²) in [6.45, 7) is -0.543. The number of ether oxygens (including phenoxy) is 2. The van der Waals surface area contributed by atoms with Crippen LogP contribution in [0.5, 0.6) is 0 Å². The fourth-order valence-electron chi connectivity index (χ4n) is 5.52. The van der Waals surface area contributed by atoms with Crippen molar-refractivity contribution in [3.63, 3.8) is 0 Å². The topological polar surface area (TPSA) is 106 Å². The number of carbonyl (C=O) groups is 2. The highest BCUT2D eigenvalue weighted by Crippen LogP contribution is 2.37. The number of hydrogen-bond acceptors (Lipinski definition) is 6. The second-order valence-corrected chi connectivity index (χ2v) is 10.6. The highest BCUT2D eigenvalue weighted by Gasteiger charge is 2.48. The number of fused-ring (bicyclic) bond motifs is 1. The van der Waals surface area contributed by atoms with Crippen molar-refractivity contribution in [2.75, 3.05) is 20.3 Å². The Morgan fingerprint density at radius 2 is 1.90 bits per heavy atom. The molecule has 3 aromatic rings. The third kappa shape index (κ3) is 6.77. The van der Waals surface area contributed by atoms with E-state index in [0.29, 0.717) is 42.3 Å². The van der Waals surface area contributed by atoms with Gasteiger partial charge in [-0.05, 0) is 54.9 Å². The molecule has 0 unspecified atom stereocenters. The molecular weight excluding hydrogens is 560 g/mol. The number of nitrogens with one attached hydrogen (secondary N) is 2. The van der Waals surface area contributed by atoms with Gasteiger partial charge in [0.2, 0.25) is 5.89 Å². The highest BCUT2D eigenvalue weighted by atomic mass is 19.4. The lowest BCUT2D eigenvalue weighted by Crippen LogP contribution is -2.40. The minimum atomic E-state index is -4.58. The largest absolute Gasteiger partial charge is 0.445 e. The summed E-state index contributed by atoms with van der Waals surface area (Å²) in [5.74, 6) is 0.0584. The summed E-state index contributed by atoms with van der Waals surface area (Å²) in [4.78, 5) is 31.0. The van der Waals surface area contributed by atoms with Crippen LogP contribution in [0.1, 0.15) is 54.8 Å². The Balaban J connectivity index is 1.38. The summed E-state index contributed by atoms with van der Waals surface area (Å²) in [7, 11) is 1.40. The zero-order valence-electron chi connectivity index (χ0n) is 22.9. The number of alkyl carbamates (subject to hydrolysis) is 1. The van der Waals surface area contributed by atoms with Gasteiger partial charge in [0.25, 0.3) is 0 Å². The molecule has 2 fully saturated rings. The number of nitrogens with zero attached hydrogens (tertiary/aromatic N) is 2. The molecule has 1 aliphatic heterocycles. The number of hydrogen-bond donors (Lipinski definition) is 2. The Morgan fingerprint density at radius 1 is 1.17 bits per heavy atom. The van der Waals surface area contributed by atoms with E-state index in [1.165, 1.54) is 7.11 Å². The van der Waals surface area contributed by atoms with E-state index in [1.807, 2.05) is 35.6 Å². The summed E-state index contributed by atoms with van der Waals surface area (Å²) in [6.07, 6.45) is -4.45. The molecule has 3 atom stereocenters. The maximum Gasteiger partial charge on any atom is 0.410 e. The standard InChI is InChI=1S/C29H32F4N4O5/c1-40-16-22(37-14-24(29(31,32)33)35-27(37)38)19-9-12-23-21(13-19)34-26(42-23)25(18-7-10-20(30)11-8-18)36-28(39)41-15-17-5-3-2-4-6-17/h2-6,9,12-13,18,20,22,24-25H,7-8,10-11,14-16H2,1H3,(H,35,38)(H,36,39)/t18?,20?,22-,24+,25+/m1/s1. The number of oxazole rings is 1. The van der Waals surface area contributed by atoms with Crippen LogP contribution in [0.15, 0.2) is 52.9 Å². The zero-order valence-corrected chi connectivity index (χ0v) is 22.9. The second-order valence-electron chi connectivity index (χ2n) is 10.6. The van der Waals surface area contributed by atoms with Crippen LogP contribution in [0, 0.1) is 5.92 Å². The van der Waals surface area contributed by atoms with Crippen LogP contribution in [0.3, 0.4) is 0 Å². The number of rotatable bonds is 9. The Bertz CT molecular complexity index is 1380. The van der Waals surface area contributed by atoms with Gasteiger partial charge in [0.1, 0.15) is 30.4 Å². The predicted octanol–water partition coefficient (Wildman–Crippen LogP) is 5.97. The van der Waals surface area contributed by atoms with Gasteiger partial charge in [-0.25, -0.2) is 19.0 Å². The van der Waals surface area contributed by atoms with Crippen LogP contribution in [-0.2, 0) is 16.1 Å². The number of alkyl halides is 4. The predicted molar refractivity (Wildman–Crippen MR) is 143 cm³/mol. The summed E-state index contributed by atoms with van der Waals surface area (Å²) in [6, 6.07) is 9.74. The Kier molecular flexibility index (Phi) is 8.85. The average Bonchev–Trinajstić information content (AvgIpc) is 3.58. The van der Waals surface area contributed by atoms with Crippen molar-refractivity contribution < 1.29 is 41.0 Å². The monoisotopic (exact) mass is 592 g/mol. The molecule has 42 heavy (non-hydrogen) atoms. The van der Waals surface area contributed by atoms with Crippen molar-refractivity contribution in [1.29, 1.82) is 0 Å². The van der Waals surface area contributed by atoms with Crippen molar-refractivity contribution in [3.8, 4) is 0 Å². The van der Waals surface area contributed by atoms with E-state index in [0.717, 1.165) is 10.5 Å². The van der Waals surface area contributed by atoms with Crippen LogP contribution in [0.25, 0.3) is 11.1 Å². The molecule has 1 saturated carbocycles. The molecule has 2 N–H and O–H groups in total. The molecule has 9 nitrogen and oxygen atoms in total. The molecule has 0 radical (unpaired) electrons. The maximum atomic E-state index is 13.9. The quantitative estimate of drug-likeness (QED) is 0.297. The van der Waals surface area contributed by atoms with Crippen molar-refractivity contribution in [2.45, 2.75) is 62.8 Å². The van der Waals surface area contributed by atoms with Crippen LogP contribution in [-0.4, -0.2) is 60.7 Å². The van der Waals surface area contributed by atoms with Gasteiger partial charge in [-0.15, -0.1) is 0 Å². The molecule has 5 rings (SSSR count). The number of aromatic nitrogens is 1. The summed E-state index contributed by atoms with van der Waals surface area (Å²) < 4.78 is 70.5. The molecule has 226 valence electrons. The van der Waals surface area contributed by atoms with Gasteiger partial charge in [-0.3, -0.25) is 0 Å². The van der Waals surface area contributed by atoms with Crippen molar-refractivity contribution in [2.24, 2.45) is 5.92 Å². The van der Waals surface area contributed by atoms with Gasteiger partial charge in [-0.1, -0.05) is 36.4 Å². The van der Waals surface area contributed by atoms with Crippen molar-refractivity contribution in [1.82, 2.24) is 20.5 Å². The number of carbonyl (C=O) groups excluding carboxylic acids is 2. The molecule has 0 bridgehead atoms. The maximum absolute atomic E-state index is 13.9. The molecule has 2 aromatic carbocycles. The first-order valence-corrected chi connectivity index (χ1v) is 13.8. The van der Waals surface area contributed by atoms with Crippen molar-refractivity contribution >= 4 is 23.2 Å². The van der Waals surface area contributed by atoms with Gasteiger partial charge in [0, 0.05) is 7.11 Å². The number of halogens is 4. The number of methoxy groups -OCH3 is 1. The summed E-state index contributed by atoms with van der Waals surface area (Å²) >= 11 is 0. The van der Waals surface area contributed by atoms with Gasteiger partial charge in [-0.2, -0.15) is 13.2 Å². The van der Waals surface area contributed by atoms with Gasteiger partial charge in [0.05, 0.1) is 19.2 Å². The van der Waals surface area contributed by atoms with E-state index >= 15 is 0 Å². The lowest BCUT2D eigenvalue weighted by molar-refractivity contribution is -0.150. The van der Waals surface area contributed by atoms with E-state index < -0.39 is 49.1 Å². The van der Waals surface area contributed by atoms with Gasteiger partial charge < -0.3 is 29.4 Å². The first kappa shape index (κ1) is 29.6. The minimum Gasteiger partial charge on any atom is -0.445 e. The second kappa shape index (κ2) is 12.6. The molecule has 1 aliphatic carbocycles. The first-order chi connectivity index (χ1) is 20.1. The van der Waals surface area contributed by atoms with Gasteiger partial charge >= 0.3 is 18.3 Å². The molecular formula is C29H32F4N4O5. The van der Waals surface area contributed by atoms with E-state index in [4.69, 9.17) is 13.9 Å². The molecule has 2 heterocycles. The molecule has 3 amide bonds. The van der Waals surface area contributed by atoms with E-state index in [-0.39, 0.29) is 25.0 Å². The molecule has 1 saturated heterocycles. The highest BCUT2D eigenvalue weighted by molar-refractivity contribution is 5.78. The van der Waals surface area contributed by atoms with Crippen LogP contribution in [0.2, 0.25) is 0 Å². The van der Waals surface area contributed by atoms with Gasteiger partial charge in [0.15, 0.2) is 5.58 Å². The number of amides is 3. The molecule has 2 aliphatic rings. The summed E-state index contributed by atoms with van der Waals surface area (Å²) in [5, 5.41) is 4.83. The molecule has 13 heteroatoms. The van der Waals surface area contributed by atoms with Crippen molar-refractivity contribution in [3.05, 3.63) is 65.5 Å². The van der Waals surface area contributed by atoms with Crippen LogP contribution in [0.4, 0.5) is 27.2 Å². The Hall–Kier alpha value is -3.87. The third-order valence-electron chi connectivity index (χ3n) is 7.77. The molecule has 1 aromatic heterocycles. The number of benzene rings is 2. The third-order valence-corrected chi connectivity index (χ3v) is 7.77. The number of urea groups is 1. The summed E-state index contributed by atoms with van der Waals surface area (Å²) in [5.41, 5.74) is 2.09. The molecule has 0 spiro atoms. The van der Waals surface area contributed by atoms with Crippen LogP contribution >= 0.6 is 0 Å².